The minimum Gasteiger partial charge on any atom is -0.318 e. The number of carbonyl (C=O) groups excluding carboxylic acids is 1. The summed E-state index contributed by atoms with van der Waals surface area (Å²) in [4.78, 5) is 14.8. The molecule has 2 heterocycles. The molecule has 2 aromatic heterocycles. The lowest BCUT2D eigenvalue weighted by molar-refractivity contribution is 0.102. The maximum absolute atomic E-state index is 13.7. The van der Waals surface area contributed by atoms with E-state index in [1.54, 1.807) is 34.2 Å². The molecule has 124 valence electrons. The highest BCUT2D eigenvalue weighted by atomic mass is 32.1. The molecule has 0 spiro atoms. The lowest BCUT2D eigenvalue weighted by Crippen LogP contribution is -2.14. The molecule has 0 aliphatic heterocycles. The van der Waals surface area contributed by atoms with Crippen LogP contribution < -0.4 is 5.32 Å². The van der Waals surface area contributed by atoms with Crippen LogP contribution in [-0.4, -0.2) is 15.7 Å². The van der Waals surface area contributed by atoms with Crippen LogP contribution in [0.1, 0.15) is 27.2 Å². The number of hydrogen-bond acceptors (Lipinski definition) is 3. The summed E-state index contributed by atoms with van der Waals surface area (Å²) >= 11 is 1.71. The molecule has 0 unspecified atom stereocenters. The Bertz CT molecular complexity index is 898. The highest BCUT2D eigenvalue weighted by Crippen LogP contribution is 2.31. The van der Waals surface area contributed by atoms with Crippen molar-refractivity contribution >= 4 is 22.9 Å². The van der Waals surface area contributed by atoms with Crippen molar-refractivity contribution in [1.29, 1.82) is 0 Å². The van der Waals surface area contributed by atoms with Gasteiger partial charge < -0.3 is 5.32 Å². The van der Waals surface area contributed by atoms with Gasteiger partial charge in [0.1, 0.15) is 5.82 Å². The van der Waals surface area contributed by atoms with Crippen LogP contribution in [0, 0.1) is 19.7 Å². The summed E-state index contributed by atoms with van der Waals surface area (Å²) in [6, 6.07) is 9.94. The van der Waals surface area contributed by atoms with E-state index in [0.29, 0.717) is 6.54 Å². The first-order valence-corrected chi connectivity index (χ1v) is 8.52. The van der Waals surface area contributed by atoms with Crippen LogP contribution in [-0.2, 0) is 6.54 Å². The summed E-state index contributed by atoms with van der Waals surface area (Å²) in [5.74, 6) is -0.886. The van der Waals surface area contributed by atoms with Gasteiger partial charge in [-0.15, -0.1) is 11.3 Å². The molecule has 6 heteroatoms. The molecule has 0 fully saturated rings. The standard InChI is InChI=1S/C18H18FN3OS/c1-4-22-17(13-9-11(2)24-12(13)3)10-16(21-22)18(23)20-15-8-6-5-7-14(15)19/h5-10H,4H2,1-3H3,(H,20,23). The molecule has 0 radical (unpaired) electrons. The Balaban J connectivity index is 1.94. The zero-order chi connectivity index (χ0) is 17.3. The van der Waals surface area contributed by atoms with Crippen molar-refractivity contribution < 1.29 is 9.18 Å². The van der Waals surface area contributed by atoms with Crippen LogP contribution in [0.3, 0.4) is 0 Å². The van der Waals surface area contributed by atoms with Crippen LogP contribution in [0.5, 0.6) is 0 Å². The van der Waals surface area contributed by atoms with Crippen molar-refractivity contribution in [2.45, 2.75) is 27.3 Å². The fourth-order valence-electron chi connectivity index (χ4n) is 2.62. The molecule has 3 aromatic rings. The molecule has 0 atom stereocenters. The number of nitrogens with zero attached hydrogens (tertiary/aromatic N) is 2. The number of amides is 1. The maximum atomic E-state index is 13.7. The maximum Gasteiger partial charge on any atom is 0.276 e. The lowest BCUT2D eigenvalue weighted by Gasteiger charge is -2.04. The number of aryl methyl sites for hydroxylation is 3. The zero-order valence-electron chi connectivity index (χ0n) is 13.8. The molecule has 0 aliphatic rings. The van der Waals surface area contributed by atoms with Crippen molar-refractivity contribution in [1.82, 2.24) is 9.78 Å². The van der Waals surface area contributed by atoms with Gasteiger partial charge in [-0.05, 0) is 45.0 Å². The third kappa shape index (κ3) is 3.10. The molecule has 3 rings (SSSR count). The molecule has 0 bridgehead atoms. The Morgan fingerprint density at radius 1 is 1.29 bits per heavy atom. The first-order valence-electron chi connectivity index (χ1n) is 7.70. The first kappa shape index (κ1) is 16.4. The summed E-state index contributed by atoms with van der Waals surface area (Å²) in [6.07, 6.45) is 0. The van der Waals surface area contributed by atoms with Crippen molar-refractivity contribution in [2.75, 3.05) is 5.32 Å². The lowest BCUT2D eigenvalue weighted by atomic mass is 10.1. The minimum atomic E-state index is -0.467. The predicted octanol–water partition coefficient (Wildman–Crippen LogP) is 4.64. The molecular formula is C18H18FN3OS. The van der Waals surface area contributed by atoms with Crippen molar-refractivity contribution in [3.63, 3.8) is 0 Å². The summed E-state index contributed by atoms with van der Waals surface area (Å²) in [5, 5.41) is 6.94. The van der Waals surface area contributed by atoms with E-state index in [2.05, 4.69) is 30.3 Å². The van der Waals surface area contributed by atoms with Crippen LogP contribution in [0.15, 0.2) is 36.4 Å². The van der Waals surface area contributed by atoms with E-state index in [1.165, 1.54) is 21.9 Å². The minimum absolute atomic E-state index is 0.151. The average Bonchev–Trinajstić information content (AvgIpc) is 3.12. The van der Waals surface area contributed by atoms with Gasteiger partial charge >= 0.3 is 0 Å². The number of hydrogen-bond donors (Lipinski definition) is 1. The number of halogens is 1. The Labute approximate surface area is 143 Å². The monoisotopic (exact) mass is 343 g/mol. The van der Waals surface area contributed by atoms with E-state index in [0.717, 1.165) is 11.3 Å². The van der Waals surface area contributed by atoms with Crippen LogP contribution in [0.25, 0.3) is 11.3 Å². The number of aromatic nitrogens is 2. The van der Waals surface area contributed by atoms with Gasteiger partial charge in [0, 0.05) is 21.9 Å². The summed E-state index contributed by atoms with van der Waals surface area (Å²) < 4.78 is 15.5. The molecule has 4 nitrogen and oxygen atoms in total. The van der Waals surface area contributed by atoms with Gasteiger partial charge in [-0.25, -0.2) is 4.39 Å². The van der Waals surface area contributed by atoms with Crippen molar-refractivity contribution in [2.24, 2.45) is 0 Å². The smallest absolute Gasteiger partial charge is 0.276 e. The highest BCUT2D eigenvalue weighted by molar-refractivity contribution is 7.12. The van der Waals surface area contributed by atoms with Gasteiger partial charge in [-0.2, -0.15) is 5.10 Å². The second-order valence-corrected chi connectivity index (χ2v) is 6.95. The molecular weight excluding hydrogens is 325 g/mol. The Morgan fingerprint density at radius 3 is 2.67 bits per heavy atom. The number of thiophene rings is 1. The number of nitrogens with one attached hydrogen (secondary N) is 1. The molecule has 0 aliphatic carbocycles. The first-order chi connectivity index (χ1) is 11.5. The molecule has 1 aromatic carbocycles. The van der Waals surface area contributed by atoms with Crippen molar-refractivity contribution in [3.05, 3.63) is 57.7 Å². The van der Waals surface area contributed by atoms with E-state index in [9.17, 15) is 9.18 Å². The van der Waals surface area contributed by atoms with E-state index in [4.69, 9.17) is 0 Å². The molecule has 0 saturated heterocycles. The van der Waals surface area contributed by atoms with E-state index in [-0.39, 0.29) is 11.4 Å². The van der Waals surface area contributed by atoms with E-state index >= 15 is 0 Å². The van der Waals surface area contributed by atoms with Gasteiger partial charge in [0.15, 0.2) is 5.69 Å². The quantitative estimate of drug-likeness (QED) is 0.750. The number of anilines is 1. The number of benzene rings is 1. The fraction of sp³-hybridized carbons (Fsp3) is 0.222. The predicted molar refractivity (Wildman–Crippen MR) is 95.0 cm³/mol. The van der Waals surface area contributed by atoms with Crippen LogP contribution in [0.4, 0.5) is 10.1 Å². The van der Waals surface area contributed by atoms with Crippen LogP contribution >= 0.6 is 11.3 Å². The number of para-hydroxylation sites is 1. The largest absolute Gasteiger partial charge is 0.318 e. The second kappa shape index (κ2) is 6.57. The fourth-order valence-corrected chi connectivity index (χ4v) is 3.55. The van der Waals surface area contributed by atoms with Crippen molar-refractivity contribution in [3.8, 4) is 11.3 Å². The highest BCUT2D eigenvalue weighted by Gasteiger charge is 2.18. The number of rotatable bonds is 4. The van der Waals surface area contributed by atoms with Gasteiger partial charge in [-0.1, -0.05) is 12.1 Å². The van der Waals surface area contributed by atoms with E-state index in [1.807, 2.05) is 6.92 Å². The third-order valence-electron chi connectivity index (χ3n) is 3.75. The Morgan fingerprint density at radius 2 is 2.04 bits per heavy atom. The molecule has 24 heavy (non-hydrogen) atoms. The summed E-state index contributed by atoms with van der Waals surface area (Å²) in [7, 11) is 0. The third-order valence-corrected chi connectivity index (χ3v) is 4.72. The van der Waals surface area contributed by atoms with Gasteiger partial charge in [0.05, 0.1) is 11.4 Å². The van der Waals surface area contributed by atoms with Gasteiger partial charge in [0.2, 0.25) is 0 Å². The SMILES string of the molecule is CCn1nc(C(=O)Nc2ccccc2F)cc1-c1cc(C)sc1C. The normalized spacial score (nSPS) is 10.8. The van der Waals surface area contributed by atoms with Gasteiger partial charge in [0.25, 0.3) is 5.91 Å². The summed E-state index contributed by atoms with van der Waals surface area (Å²) in [6.45, 7) is 6.74. The zero-order valence-corrected chi connectivity index (χ0v) is 14.6. The Kier molecular flexibility index (Phi) is 4.49. The molecule has 0 saturated carbocycles. The average molecular weight is 343 g/mol. The molecule has 1 amide bonds. The van der Waals surface area contributed by atoms with Gasteiger partial charge in [-0.3, -0.25) is 9.48 Å². The summed E-state index contributed by atoms with van der Waals surface area (Å²) in [5.41, 5.74) is 2.41. The second-order valence-electron chi connectivity index (χ2n) is 5.49. The number of carbonyl (C=O) groups is 1. The molecule has 1 N–H and O–H groups in total. The Hall–Kier alpha value is -2.47. The topological polar surface area (TPSA) is 46.9 Å². The van der Waals surface area contributed by atoms with Crippen LogP contribution in [0.2, 0.25) is 0 Å². The van der Waals surface area contributed by atoms with E-state index < -0.39 is 11.7 Å².